The number of carbonyl (C=O) groups excluding carboxylic acids is 2. The van der Waals surface area contributed by atoms with Crippen molar-refractivity contribution < 1.29 is 32.6 Å². The van der Waals surface area contributed by atoms with Gasteiger partial charge >= 0.3 is 6.18 Å². The third-order valence-corrected chi connectivity index (χ3v) is 6.03. The van der Waals surface area contributed by atoms with Crippen molar-refractivity contribution in [1.29, 1.82) is 0 Å². The predicted molar refractivity (Wildman–Crippen MR) is 131 cm³/mol. The Morgan fingerprint density at radius 1 is 1.08 bits per heavy atom. The van der Waals surface area contributed by atoms with Crippen molar-refractivity contribution in [2.24, 2.45) is 0 Å². The lowest BCUT2D eigenvalue weighted by atomic mass is 10.0. The predicted octanol–water partition coefficient (Wildman–Crippen LogP) is 3.02. The number of alkyl halides is 3. The van der Waals surface area contributed by atoms with Crippen LogP contribution in [0, 0.1) is 0 Å². The van der Waals surface area contributed by atoms with Crippen molar-refractivity contribution in [2.45, 2.75) is 25.1 Å². The minimum atomic E-state index is -4.67. The number of amides is 2. The number of hydrogen-bond acceptors (Lipinski definition) is 8. The average Bonchev–Trinajstić information content (AvgIpc) is 2.93. The summed E-state index contributed by atoms with van der Waals surface area (Å²) in [7, 11) is 1.40. The molecule has 38 heavy (non-hydrogen) atoms. The number of hydrogen-bond donors (Lipinski definition) is 3. The van der Waals surface area contributed by atoms with Gasteiger partial charge in [0.05, 0.1) is 12.8 Å². The van der Waals surface area contributed by atoms with Crippen LogP contribution in [0.15, 0.2) is 48.8 Å². The molecule has 1 aliphatic rings. The van der Waals surface area contributed by atoms with Crippen molar-refractivity contribution in [1.82, 2.24) is 25.2 Å². The second-order valence-corrected chi connectivity index (χ2v) is 8.53. The SMILES string of the molecule is COc1ccc(-c2nc(Nc3ccc(C(=O)NC4CCN(C(=O)CO)CC4)cc3)ncc2C(F)(F)F)cn1. The first-order valence-electron chi connectivity index (χ1n) is 11.7. The molecule has 0 radical (unpaired) electrons. The molecule has 2 amide bonds. The van der Waals surface area contributed by atoms with Crippen molar-refractivity contribution in [3.05, 3.63) is 59.9 Å². The van der Waals surface area contributed by atoms with Gasteiger partial charge in [-0.3, -0.25) is 9.59 Å². The molecular weight excluding hydrogens is 505 g/mol. The number of nitrogens with one attached hydrogen (secondary N) is 2. The highest BCUT2D eigenvalue weighted by Gasteiger charge is 2.35. The second kappa shape index (κ2) is 11.4. The van der Waals surface area contributed by atoms with Gasteiger partial charge in [-0.15, -0.1) is 0 Å². The van der Waals surface area contributed by atoms with Crippen molar-refractivity contribution in [2.75, 3.05) is 32.1 Å². The quantitative estimate of drug-likeness (QED) is 0.425. The Hall–Kier alpha value is -4.26. The van der Waals surface area contributed by atoms with Crippen LogP contribution < -0.4 is 15.4 Å². The summed E-state index contributed by atoms with van der Waals surface area (Å²) in [4.78, 5) is 37.6. The van der Waals surface area contributed by atoms with E-state index in [0.29, 0.717) is 43.4 Å². The molecule has 4 rings (SSSR count). The normalized spacial score (nSPS) is 14.2. The number of aromatic nitrogens is 3. The zero-order chi connectivity index (χ0) is 27.3. The summed E-state index contributed by atoms with van der Waals surface area (Å²) in [6, 6.07) is 9.08. The number of aliphatic hydroxyl groups is 1. The highest BCUT2D eigenvalue weighted by atomic mass is 19.4. The molecule has 0 spiro atoms. The highest BCUT2D eigenvalue weighted by Crippen LogP contribution is 2.36. The molecule has 0 aliphatic carbocycles. The lowest BCUT2D eigenvalue weighted by Crippen LogP contribution is -2.47. The standard InChI is InChI=1S/C25H25F3N6O4/c1-38-20-7-4-16(12-29-20)22-19(25(26,27)28)13-30-24(33-22)32-17-5-2-15(3-6-17)23(37)31-18-8-10-34(11-9-18)21(36)14-35/h2-7,12-13,18,35H,8-11,14H2,1H3,(H,31,37)(H,30,32,33). The van der Waals surface area contributed by atoms with Crippen LogP contribution in [0.4, 0.5) is 24.8 Å². The molecule has 200 valence electrons. The van der Waals surface area contributed by atoms with Gasteiger partial charge in [-0.1, -0.05) is 0 Å². The van der Waals surface area contributed by atoms with Crippen LogP contribution in [0.1, 0.15) is 28.8 Å². The molecule has 0 saturated carbocycles. The molecular formula is C25H25F3N6O4. The Balaban J connectivity index is 1.44. The van der Waals surface area contributed by atoms with E-state index in [1.54, 1.807) is 29.2 Å². The van der Waals surface area contributed by atoms with Crippen LogP contribution in [0.3, 0.4) is 0 Å². The fourth-order valence-corrected chi connectivity index (χ4v) is 3.99. The van der Waals surface area contributed by atoms with E-state index in [9.17, 15) is 22.8 Å². The van der Waals surface area contributed by atoms with Gasteiger partial charge in [-0.25, -0.2) is 15.0 Å². The third kappa shape index (κ3) is 6.35. The van der Waals surface area contributed by atoms with E-state index >= 15 is 0 Å². The minimum Gasteiger partial charge on any atom is -0.481 e. The molecule has 2 aromatic heterocycles. The molecule has 1 fully saturated rings. The average molecular weight is 531 g/mol. The Morgan fingerprint density at radius 3 is 2.37 bits per heavy atom. The topological polar surface area (TPSA) is 130 Å². The number of piperidine rings is 1. The Kier molecular flexibility index (Phi) is 8.05. The lowest BCUT2D eigenvalue weighted by Gasteiger charge is -2.32. The molecule has 3 heterocycles. The Bertz CT molecular complexity index is 1280. The number of benzene rings is 1. The van der Waals surface area contributed by atoms with E-state index < -0.39 is 18.3 Å². The van der Waals surface area contributed by atoms with Crippen molar-refractivity contribution in [3.8, 4) is 17.1 Å². The lowest BCUT2D eigenvalue weighted by molar-refractivity contribution is -0.137. The van der Waals surface area contributed by atoms with Crippen molar-refractivity contribution >= 4 is 23.5 Å². The zero-order valence-electron chi connectivity index (χ0n) is 20.3. The molecule has 3 N–H and O–H groups in total. The highest BCUT2D eigenvalue weighted by molar-refractivity contribution is 5.94. The fraction of sp³-hybridized carbons (Fsp3) is 0.320. The van der Waals surface area contributed by atoms with Crippen LogP contribution in [0.2, 0.25) is 0 Å². The van der Waals surface area contributed by atoms with E-state index in [4.69, 9.17) is 9.84 Å². The molecule has 1 aliphatic heterocycles. The Morgan fingerprint density at radius 2 is 1.79 bits per heavy atom. The van der Waals surface area contributed by atoms with E-state index in [-0.39, 0.29) is 40.9 Å². The number of methoxy groups -OCH3 is 1. The summed E-state index contributed by atoms with van der Waals surface area (Å²) in [5, 5.41) is 14.8. The van der Waals surface area contributed by atoms with Gasteiger partial charge in [0.25, 0.3) is 5.91 Å². The first-order chi connectivity index (χ1) is 18.2. The van der Waals surface area contributed by atoms with Gasteiger partial charge in [-0.05, 0) is 43.2 Å². The van der Waals surface area contributed by atoms with Crippen LogP contribution in [0.5, 0.6) is 5.88 Å². The molecule has 0 unspecified atom stereocenters. The number of anilines is 2. The smallest absolute Gasteiger partial charge is 0.419 e. The Labute approximate surface area is 215 Å². The van der Waals surface area contributed by atoms with Crippen LogP contribution in [-0.4, -0.2) is 69.6 Å². The molecule has 10 nitrogen and oxygen atoms in total. The minimum absolute atomic E-state index is 0.0646. The zero-order valence-corrected chi connectivity index (χ0v) is 20.3. The monoisotopic (exact) mass is 530 g/mol. The van der Waals surface area contributed by atoms with Crippen LogP contribution in [-0.2, 0) is 11.0 Å². The number of nitrogens with zero attached hydrogens (tertiary/aromatic N) is 4. The first-order valence-corrected chi connectivity index (χ1v) is 11.7. The summed E-state index contributed by atoms with van der Waals surface area (Å²) in [6.45, 7) is 0.374. The molecule has 1 saturated heterocycles. The summed E-state index contributed by atoms with van der Waals surface area (Å²) in [5.41, 5.74) is -0.345. The molecule has 0 atom stereocenters. The first kappa shape index (κ1) is 26.8. The van der Waals surface area contributed by atoms with E-state index in [2.05, 4.69) is 25.6 Å². The number of ether oxygens (including phenoxy) is 1. The van der Waals surface area contributed by atoms with Gasteiger partial charge in [0.15, 0.2) is 0 Å². The fourth-order valence-electron chi connectivity index (χ4n) is 3.99. The molecule has 1 aromatic carbocycles. The van der Waals surface area contributed by atoms with Gasteiger partial charge in [-0.2, -0.15) is 13.2 Å². The molecule has 13 heteroatoms. The number of halogens is 3. The largest absolute Gasteiger partial charge is 0.481 e. The number of pyridine rings is 1. The maximum Gasteiger partial charge on any atom is 0.419 e. The maximum absolute atomic E-state index is 13.6. The maximum atomic E-state index is 13.6. The second-order valence-electron chi connectivity index (χ2n) is 8.53. The third-order valence-electron chi connectivity index (χ3n) is 6.03. The summed E-state index contributed by atoms with van der Waals surface area (Å²) in [5.74, 6) is -0.433. The molecule has 0 bridgehead atoms. The molecule has 3 aromatic rings. The number of likely N-dealkylation sites (tertiary alicyclic amines) is 1. The van der Waals surface area contributed by atoms with E-state index in [0.717, 1.165) is 0 Å². The summed E-state index contributed by atoms with van der Waals surface area (Å²) >= 11 is 0. The van der Waals surface area contributed by atoms with Gasteiger partial charge in [0.2, 0.25) is 17.7 Å². The summed E-state index contributed by atoms with van der Waals surface area (Å²) in [6.07, 6.45) is -1.57. The number of carbonyl (C=O) groups is 2. The van der Waals surface area contributed by atoms with E-state index in [1.807, 2.05) is 0 Å². The van der Waals surface area contributed by atoms with Gasteiger partial charge in [0.1, 0.15) is 12.2 Å². The summed E-state index contributed by atoms with van der Waals surface area (Å²) < 4.78 is 45.7. The van der Waals surface area contributed by atoms with Gasteiger partial charge < -0.3 is 25.4 Å². The number of rotatable bonds is 7. The van der Waals surface area contributed by atoms with E-state index in [1.165, 1.54) is 25.4 Å². The van der Waals surface area contributed by atoms with Crippen molar-refractivity contribution in [3.63, 3.8) is 0 Å². The number of aliphatic hydroxyl groups excluding tert-OH is 1. The van der Waals surface area contributed by atoms with Gasteiger partial charge in [0, 0.05) is 54.4 Å². The van der Waals surface area contributed by atoms with Crippen LogP contribution >= 0.6 is 0 Å². The van der Waals surface area contributed by atoms with Crippen LogP contribution in [0.25, 0.3) is 11.3 Å².